The van der Waals surface area contributed by atoms with Crippen LogP contribution >= 0.6 is 0 Å². The Labute approximate surface area is 192 Å². The summed E-state index contributed by atoms with van der Waals surface area (Å²) in [6.45, 7) is 7.66. The Bertz CT molecular complexity index is 624. The van der Waals surface area contributed by atoms with Crippen LogP contribution in [0.5, 0.6) is 0 Å². The number of nitrogens with one attached hydrogen (secondary N) is 2. The molecule has 0 saturated heterocycles. The van der Waals surface area contributed by atoms with Gasteiger partial charge in [0, 0.05) is 0 Å². The molecule has 2 rings (SSSR count). The van der Waals surface area contributed by atoms with E-state index >= 15 is 0 Å². The lowest BCUT2D eigenvalue weighted by Gasteiger charge is -2.30. The number of allylic oxidation sites excluding steroid dienone is 1. The summed E-state index contributed by atoms with van der Waals surface area (Å²) in [7, 11) is 0. The molecule has 0 radical (unpaired) electrons. The van der Waals surface area contributed by atoms with E-state index in [1.54, 1.807) is 11.6 Å². The molecule has 0 spiro atoms. The van der Waals surface area contributed by atoms with Gasteiger partial charge in [0.1, 0.15) is 12.1 Å². The van der Waals surface area contributed by atoms with Crippen molar-refractivity contribution < 1.29 is 24.3 Å². The molecule has 0 aromatic carbocycles. The van der Waals surface area contributed by atoms with E-state index in [2.05, 4.69) is 11.9 Å². The van der Waals surface area contributed by atoms with Crippen LogP contribution in [-0.2, 0) is 19.1 Å². The number of hydrogen-bond acceptors (Lipinski definition) is 5. The first-order valence-corrected chi connectivity index (χ1v) is 12.4. The van der Waals surface area contributed by atoms with E-state index in [9.17, 15) is 19.6 Å². The third kappa shape index (κ3) is 8.23. The quantitative estimate of drug-likeness (QED) is 0.178. The third-order valence-electron chi connectivity index (χ3n) is 6.90. The third-order valence-corrected chi connectivity index (χ3v) is 6.90. The van der Waals surface area contributed by atoms with Crippen molar-refractivity contribution in [3.05, 3.63) is 12.7 Å². The van der Waals surface area contributed by atoms with Gasteiger partial charge in [0.05, 0.1) is 11.8 Å². The smallest absolute Gasteiger partial charge is 0.328 e. The number of rotatable bonds is 12. The normalized spacial score (nSPS) is 20.4. The lowest BCUT2D eigenvalue weighted by atomic mass is 9.81. The van der Waals surface area contributed by atoms with Crippen LogP contribution in [0.15, 0.2) is 12.7 Å². The summed E-state index contributed by atoms with van der Waals surface area (Å²) < 4.78 is 5.76. The molecule has 0 aliphatic heterocycles. The molecule has 3 N–H and O–H groups in total. The zero-order valence-corrected chi connectivity index (χ0v) is 19.8. The Balaban J connectivity index is 2.17. The second-order valence-corrected chi connectivity index (χ2v) is 9.99. The van der Waals surface area contributed by atoms with Crippen LogP contribution in [-0.4, -0.2) is 35.1 Å². The predicted molar refractivity (Wildman–Crippen MR) is 123 cm³/mol. The molecular weight excluding hydrogens is 408 g/mol. The number of amides is 2. The standard InChI is InChI=1S/C25H42N2O5/c1-4-10-20(24(29)27-31)21(15-17(2)3)23(28)26-22(16-18-11-6-5-7-12-18)25(30)32-19-13-8-9-14-19/h4,17-22,31H,1,5-16H2,2-3H3,(H,26,28)(H,27,29)/t20-,21+,22-/m0/s1. The second kappa shape index (κ2) is 13.6. The Hall–Kier alpha value is -1.89. The minimum absolute atomic E-state index is 0.0617. The lowest BCUT2D eigenvalue weighted by molar-refractivity contribution is -0.154. The molecule has 2 fully saturated rings. The van der Waals surface area contributed by atoms with E-state index in [0.29, 0.717) is 18.8 Å². The first-order valence-electron chi connectivity index (χ1n) is 12.4. The maximum atomic E-state index is 13.4. The fraction of sp³-hybridized carbons (Fsp3) is 0.800. The molecule has 0 heterocycles. The zero-order chi connectivity index (χ0) is 23.5. The van der Waals surface area contributed by atoms with Gasteiger partial charge < -0.3 is 10.1 Å². The van der Waals surface area contributed by atoms with E-state index in [0.717, 1.165) is 51.4 Å². The molecular formula is C25H42N2O5. The van der Waals surface area contributed by atoms with Crippen LogP contribution in [0.25, 0.3) is 0 Å². The highest BCUT2D eigenvalue weighted by Crippen LogP contribution is 2.30. The lowest BCUT2D eigenvalue weighted by Crippen LogP contribution is -2.49. The fourth-order valence-electron chi connectivity index (χ4n) is 5.18. The van der Waals surface area contributed by atoms with Crippen molar-refractivity contribution in [1.82, 2.24) is 10.8 Å². The Morgan fingerprint density at radius 3 is 2.19 bits per heavy atom. The number of carbonyl (C=O) groups is 3. The van der Waals surface area contributed by atoms with Gasteiger partial charge in [-0.15, -0.1) is 6.58 Å². The Morgan fingerprint density at radius 1 is 1.00 bits per heavy atom. The van der Waals surface area contributed by atoms with Gasteiger partial charge in [-0.1, -0.05) is 52.0 Å². The van der Waals surface area contributed by atoms with Crippen LogP contribution in [0.2, 0.25) is 0 Å². The van der Waals surface area contributed by atoms with Crippen molar-refractivity contribution in [2.24, 2.45) is 23.7 Å². The van der Waals surface area contributed by atoms with Gasteiger partial charge in [0.2, 0.25) is 11.8 Å². The second-order valence-electron chi connectivity index (χ2n) is 9.99. The van der Waals surface area contributed by atoms with E-state index in [-0.39, 0.29) is 30.3 Å². The average Bonchev–Trinajstić information content (AvgIpc) is 3.28. The molecule has 2 aliphatic carbocycles. The largest absolute Gasteiger partial charge is 0.461 e. The van der Waals surface area contributed by atoms with Crippen LogP contribution in [0.4, 0.5) is 0 Å². The van der Waals surface area contributed by atoms with Gasteiger partial charge in [-0.2, -0.15) is 0 Å². The minimum Gasteiger partial charge on any atom is -0.461 e. The number of ether oxygens (including phenoxy) is 1. The molecule has 0 unspecified atom stereocenters. The summed E-state index contributed by atoms with van der Waals surface area (Å²) >= 11 is 0. The molecule has 7 heteroatoms. The SMILES string of the molecule is C=CC[C@H](C(=O)NO)[C@@H](CC(C)C)C(=O)N[C@@H](CC1CCCCC1)C(=O)OC1CCCC1. The van der Waals surface area contributed by atoms with Gasteiger partial charge in [-0.3, -0.25) is 14.8 Å². The highest BCUT2D eigenvalue weighted by molar-refractivity contribution is 5.90. The van der Waals surface area contributed by atoms with Crippen molar-refractivity contribution in [1.29, 1.82) is 0 Å². The van der Waals surface area contributed by atoms with Crippen LogP contribution in [0.1, 0.15) is 90.9 Å². The summed E-state index contributed by atoms with van der Waals surface area (Å²) in [6, 6.07) is -0.706. The molecule has 2 aliphatic rings. The molecule has 32 heavy (non-hydrogen) atoms. The monoisotopic (exact) mass is 450 g/mol. The number of hydroxylamine groups is 1. The highest BCUT2D eigenvalue weighted by atomic mass is 16.5. The van der Waals surface area contributed by atoms with Crippen molar-refractivity contribution in [3.8, 4) is 0 Å². The van der Waals surface area contributed by atoms with Crippen molar-refractivity contribution in [2.75, 3.05) is 0 Å². The molecule has 0 bridgehead atoms. The Kier molecular flexibility index (Phi) is 11.2. The minimum atomic E-state index is -0.749. The summed E-state index contributed by atoms with van der Waals surface area (Å²) in [6.07, 6.45) is 12.3. The van der Waals surface area contributed by atoms with Gasteiger partial charge in [0.25, 0.3) is 0 Å². The number of hydrogen-bond donors (Lipinski definition) is 3. The summed E-state index contributed by atoms with van der Waals surface area (Å²) in [5, 5.41) is 12.2. The summed E-state index contributed by atoms with van der Waals surface area (Å²) in [5.41, 5.74) is 1.69. The molecule has 182 valence electrons. The van der Waals surface area contributed by atoms with Crippen LogP contribution in [0, 0.1) is 23.7 Å². The van der Waals surface area contributed by atoms with Gasteiger partial charge in [-0.05, 0) is 56.8 Å². The van der Waals surface area contributed by atoms with Crippen LogP contribution in [0.3, 0.4) is 0 Å². The maximum Gasteiger partial charge on any atom is 0.328 e. The van der Waals surface area contributed by atoms with E-state index < -0.39 is 23.8 Å². The molecule has 0 aromatic heterocycles. The predicted octanol–water partition coefficient (Wildman–Crippen LogP) is 4.29. The zero-order valence-electron chi connectivity index (χ0n) is 19.8. The van der Waals surface area contributed by atoms with Gasteiger partial charge >= 0.3 is 5.97 Å². The van der Waals surface area contributed by atoms with Crippen LogP contribution < -0.4 is 10.8 Å². The van der Waals surface area contributed by atoms with Crippen molar-refractivity contribution in [3.63, 3.8) is 0 Å². The highest BCUT2D eigenvalue weighted by Gasteiger charge is 2.37. The topological polar surface area (TPSA) is 105 Å². The summed E-state index contributed by atoms with van der Waals surface area (Å²) in [4.78, 5) is 38.8. The molecule has 2 amide bonds. The molecule has 3 atom stereocenters. The molecule has 0 aromatic rings. The number of esters is 1. The maximum absolute atomic E-state index is 13.4. The first kappa shape index (κ1) is 26.4. The van der Waals surface area contributed by atoms with E-state index in [1.165, 1.54) is 6.42 Å². The van der Waals surface area contributed by atoms with Gasteiger partial charge in [0.15, 0.2) is 0 Å². The summed E-state index contributed by atoms with van der Waals surface area (Å²) in [5.74, 6) is -2.17. The average molecular weight is 451 g/mol. The Morgan fingerprint density at radius 2 is 1.62 bits per heavy atom. The number of carbonyl (C=O) groups excluding carboxylic acids is 3. The fourth-order valence-corrected chi connectivity index (χ4v) is 5.18. The van der Waals surface area contributed by atoms with Crippen molar-refractivity contribution in [2.45, 2.75) is 103 Å². The molecule has 7 nitrogen and oxygen atoms in total. The molecule has 2 saturated carbocycles. The van der Waals surface area contributed by atoms with E-state index in [1.807, 2.05) is 13.8 Å². The van der Waals surface area contributed by atoms with Gasteiger partial charge in [-0.25, -0.2) is 10.3 Å². The first-order chi connectivity index (χ1) is 15.3. The van der Waals surface area contributed by atoms with E-state index in [4.69, 9.17) is 4.74 Å². The van der Waals surface area contributed by atoms with Crippen molar-refractivity contribution >= 4 is 17.8 Å².